The second-order valence-electron chi connectivity index (χ2n) is 9.44. The standard InChI is InChI=1S/C25H30F2N4O3/c1-14-6-5-7-16(12-14)15(2)20(32)11-10-17-21(33)13-18-23(17)25(26,27)19(24(18)34)8-3-4-9-22-28-30-31-29-22/h5-8,10-12,15,17-18,20-21,23,32-33H,3-4,9,13H2,1-2H3,(H,28,29,30,31)/b11-10+,19-8-/t15-,17-,18-,20+,21+,23+/m0/s1. The van der Waals surface area contributed by atoms with Gasteiger partial charge in [-0.2, -0.15) is 0 Å². The Morgan fingerprint density at radius 2 is 2.15 bits per heavy atom. The molecule has 2 fully saturated rings. The van der Waals surface area contributed by atoms with Gasteiger partial charge in [0, 0.05) is 30.1 Å². The number of aromatic nitrogens is 4. The van der Waals surface area contributed by atoms with Crippen molar-refractivity contribution in [2.75, 3.05) is 0 Å². The summed E-state index contributed by atoms with van der Waals surface area (Å²) in [6.07, 6.45) is 3.64. The summed E-state index contributed by atoms with van der Waals surface area (Å²) in [6, 6.07) is 7.75. The number of H-pyrrole nitrogens is 1. The second kappa shape index (κ2) is 9.84. The van der Waals surface area contributed by atoms with E-state index in [1.54, 1.807) is 0 Å². The lowest BCUT2D eigenvalue weighted by molar-refractivity contribution is -0.118. The molecule has 1 aromatic heterocycles. The van der Waals surface area contributed by atoms with Gasteiger partial charge in [0.1, 0.15) is 5.82 Å². The van der Waals surface area contributed by atoms with Gasteiger partial charge in [0.25, 0.3) is 5.92 Å². The van der Waals surface area contributed by atoms with Crippen molar-refractivity contribution in [3.63, 3.8) is 0 Å². The van der Waals surface area contributed by atoms with Crippen LogP contribution in [-0.2, 0) is 11.2 Å². The molecule has 2 aliphatic rings. The van der Waals surface area contributed by atoms with E-state index in [4.69, 9.17) is 0 Å². The number of Topliss-reactive ketones (excluding diaryl/α,β-unsaturated/α-hetero) is 1. The SMILES string of the molecule is Cc1cccc([C@H](C)[C@H](O)/C=C/[C@@H]2[C@@H]3[C@H](C[C@H]2O)C(=O)/C(=C/CCCc2nnn[nH]2)C3(F)F)c1. The van der Waals surface area contributed by atoms with Crippen LogP contribution in [0.1, 0.15) is 49.1 Å². The third kappa shape index (κ3) is 4.72. The number of unbranched alkanes of at least 4 members (excludes halogenated alkanes) is 1. The number of hydrogen-bond acceptors (Lipinski definition) is 6. The molecular weight excluding hydrogens is 442 g/mol. The minimum atomic E-state index is -3.34. The van der Waals surface area contributed by atoms with Crippen molar-refractivity contribution >= 4 is 5.78 Å². The van der Waals surface area contributed by atoms with Gasteiger partial charge in [0.15, 0.2) is 5.78 Å². The summed E-state index contributed by atoms with van der Waals surface area (Å²) in [5.74, 6) is -6.74. The largest absolute Gasteiger partial charge is 0.392 e. The summed E-state index contributed by atoms with van der Waals surface area (Å²) in [5.41, 5.74) is 1.54. The molecule has 0 aliphatic heterocycles. The number of fused-ring (bicyclic) bond motifs is 1. The van der Waals surface area contributed by atoms with Crippen molar-refractivity contribution in [3.05, 3.63) is 65.0 Å². The van der Waals surface area contributed by atoms with E-state index >= 15 is 8.78 Å². The molecule has 1 aromatic carbocycles. The highest BCUT2D eigenvalue weighted by Crippen LogP contribution is 2.56. The monoisotopic (exact) mass is 472 g/mol. The van der Waals surface area contributed by atoms with Crippen molar-refractivity contribution in [2.45, 2.75) is 63.6 Å². The number of nitrogens with one attached hydrogen (secondary N) is 1. The number of halogens is 2. The average Bonchev–Trinajstić information content (AvgIpc) is 3.47. The topological polar surface area (TPSA) is 112 Å². The molecule has 34 heavy (non-hydrogen) atoms. The minimum absolute atomic E-state index is 0.00129. The molecule has 6 atom stereocenters. The summed E-state index contributed by atoms with van der Waals surface area (Å²) < 4.78 is 30.8. The summed E-state index contributed by atoms with van der Waals surface area (Å²) in [6.45, 7) is 3.82. The Morgan fingerprint density at radius 1 is 1.35 bits per heavy atom. The van der Waals surface area contributed by atoms with Crippen LogP contribution >= 0.6 is 0 Å². The molecule has 0 saturated heterocycles. The minimum Gasteiger partial charge on any atom is -0.392 e. The molecule has 0 bridgehead atoms. The predicted molar refractivity (Wildman–Crippen MR) is 121 cm³/mol. The lowest BCUT2D eigenvalue weighted by Crippen LogP contribution is -2.32. The van der Waals surface area contributed by atoms with Gasteiger partial charge in [-0.05, 0) is 42.2 Å². The molecular formula is C25H30F2N4O3. The molecule has 0 amide bonds. The lowest BCUT2D eigenvalue weighted by Gasteiger charge is -2.25. The second-order valence-corrected chi connectivity index (χ2v) is 9.44. The molecule has 182 valence electrons. The summed E-state index contributed by atoms with van der Waals surface area (Å²) in [5, 5.41) is 34.5. The quantitative estimate of drug-likeness (QED) is 0.309. The fraction of sp³-hybridized carbons (Fsp3) is 0.520. The number of tetrazole rings is 1. The van der Waals surface area contributed by atoms with Crippen molar-refractivity contribution < 1.29 is 23.8 Å². The molecule has 4 rings (SSSR count). The number of aliphatic hydroxyl groups is 2. The molecule has 1 heterocycles. The maximum absolute atomic E-state index is 15.4. The fourth-order valence-corrected chi connectivity index (χ4v) is 5.22. The first-order valence-corrected chi connectivity index (χ1v) is 11.7. The highest BCUT2D eigenvalue weighted by atomic mass is 19.3. The normalized spacial score (nSPS) is 29.1. The number of allylic oxidation sites excluding steroid dienone is 2. The Kier molecular flexibility index (Phi) is 7.04. The summed E-state index contributed by atoms with van der Waals surface area (Å²) >= 11 is 0. The maximum Gasteiger partial charge on any atom is 0.280 e. The summed E-state index contributed by atoms with van der Waals surface area (Å²) in [4.78, 5) is 12.8. The van der Waals surface area contributed by atoms with Gasteiger partial charge in [-0.3, -0.25) is 4.79 Å². The van der Waals surface area contributed by atoms with Crippen molar-refractivity contribution in [2.24, 2.45) is 17.8 Å². The molecule has 7 nitrogen and oxygen atoms in total. The van der Waals surface area contributed by atoms with Crippen LogP contribution in [0.25, 0.3) is 0 Å². The number of benzene rings is 1. The molecule has 2 saturated carbocycles. The molecule has 0 spiro atoms. The molecule has 3 N–H and O–H groups in total. The van der Waals surface area contributed by atoms with Crippen LogP contribution < -0.4 is 0 Å². The predicted octanol–water partition coefficient (Wildman–Crippen LogP) is 3.31. The first-order chi connectivity index (χ1) is 16.2. The van der Waals surface area contributed by atoms with Crippen LogP contribution in [0.3, 0.4) is 0 Å². The maximum atomic E-state index is 15.4. The number of aryl methyl sites for hydroxylation is 2. The summed E-state index contributed by atoms with van der Waals surface area (Å²) in [7, 11) is 0. The molecule has 2 aliphatic carbocycles. The van der Waals surface area contributed by atoms with Crippen molar-refractivity contribution in [1.29, 1.82) is 0 Å². The zero-order valence-electron chi connectivity index (χ0n) is 19.2. The third-order valence-corrected chi connectivity index (χ3v) is 7.13. The van der Waals surface area contributed by atoms with E-state index in [0.717, 1.165) is 11.1 Å². The highest BCUT2D eigenvalue weighted by molar-refractivity contribution is 6.02. The number of carbonyl (C=O) groups is 1. The van der Waals surface area contributed by atoms with Crippen molar-refractivity contribution in [1.82, 2.24) is 20.6 Å². The van der Waals surface area contributed by atoms with Gasteiger partial charge in [-0.1, -0.05) is 55.0 Å². The smallest absolute Gasteiger partial charge is 0.280 e. The van der Waals surface area contributed by atoms with Crippen LogP contribution in [0.15, 0.2) is 48.1 Å². The van der Waals surface area contributed by atoms with Gasteiger partial charge >= 0.3 is 0 Å². The number of ketones is 1. The molecule has 9 heteroatoms. The third-order valence-electron chi connectivity index (χ3n) is 7.13. The zero-order chi connectivity index (χ0) is 24.5. The Labute approximate surface area is 197 Å². The fourth-order valence-electron chi connectivity index (χ4n) is 5.22. The number of hydrogen-bond donors (Lipinski definition) is 3. The first kappa shape index (κ1) is 24.3. The van der Waals surface area contributed by atoms with E-state index in [1.165, 1.54) is 18.2 Å². The van der Waals surface area contributed by atoms with Gasteiger partial charge in [0.2, 0.25) is 0 Å². The van der Waals surface area contributed by atoms with E-state index in [0.29, 0.717) is 25.1 Å². The van der Waals surface area contributed by atoms with Gasteiger partial charge in [-0.25, -0.2) is 13.9 Å². The van der Waals surface area contributed by atoms with E-state index in [9.17, 15) is 15.0 Å². The van der Waals surface area contributed by atoms with E-state index in [-0.39, 0.29) is 12.3 Å². The van der Waals surface area contributed by atoms with E-state index < -0.39 is 47.2 Å². The van der Waals surface area contributed by atoms with Gasteiger partial charge < -0.3 is 10.2 Å². The van der Waals surface area contributed by atoms with Crippen LogP contribution in [-0.4, -0.2) is 54.8 Å². The van der Waals surface area contributed by atoms with Crippen LogP contribution in [0.5, 0.6) is 0 Å². The Hall–Kier alpha value is -2.78. The van der Waals surface area contributed by atoms with Crippen molar-refractivity contribution in [3.8, 4) is 0 Å². The van der Waals surface area contributed by atoms with Gasteiger partial charge in [0.05, 0.1) is 17.8 Å². The average molecular weight is 473 g/mol. The number of aliphatic hydroxyl groups excluding tert-OH is 2. The van der Waals surface area contributed by atoms with Crippen LogP contribution in [0, 0.1) is 24.7 Å². The highest BCUT2D eigenvalue weighted by Gasteiger charge is 2.65. The molecule has 0 unspecified atom stereocenters. The number of carbonyl (C=O) groups excluding carboxylic acids is 1. The van der Waals surface area contributed by atoms with Crippen LogP contribution in [0.4, 0.5) is 8.78 Å². The first-order valence-electron chi connectivity index (χ1n) is 11.7. The number of alkyl halides is 2. The Morgan fingerprint density at radius 3 is 2.85 bits per heavy atom. The van der Waals surface area contributed by atoms with Gasteiger partial charge in [-0.15, -0.1) is 5.10 Å². The number of nitrogens with zero attached hydrogens (tertiary/aromatic N) is 3. The van der Waals surface area contributed by atoms with E-state index in [1.807, 2.05) is 38.1 Å². The van der Waals surface area contributed by atoms with E-state index in [2.05, 4.69) is 20.6 Å². The Balaban J connectivity index is 1.46. The lowest BCUT2D eigenvalue weighted by atomic mass is 9.86. The zero-order valence-corrected chi connectivity index (χ0v) is 19.2. The number of rotatable bonds is 8. The molecule has 2 aromatic rings. The van der Waals surface area contributed by atoms with Crippen LogP contribution in [0.2, 0.25) is 0 Å². The number of aromatic amines is 1. The Bertz CT molecular complexity index is 1070. The molecule has 0 radical (unpaired) electrons.